The predicted molar refractivity (Wildman–Crippen MR) is 184 cm³/mol. The van der Waals surface area contributed by atoms with Gasteiger partial charge in [0.2, 0.25) is 0 Å². The van der Waals surface area contributed by atoms with Crippen LogP contribution in [0.25, 0.3) is 77.4 Å². The summed E-state index contributed by atoms with van der Waals surface area (Å²) in [6.07, 6.45) is 2.15. The Kier molecular flexibility index (Phi) is 5.50. The topological polar surface area (TPSA) is 22.8 Å². The minimum Gasteiger partial charge on any atom is -0.309 e. The quantitative estimate of drug-likeness (QED) is 0.210. The first-order valence-corrected chi connectivity index (χ1v) is 15.0. The molecule has 6 aromatic carbocycles. The summed E-state index contributed by atoms with van der Waals surface area (Å²) in [4.78, 5) is 5.19. The smallest absolute Gasteiger partial charge is 0.138 e. The molecule has 3 heteroatoms. The van der Waals surface area contributed by atoms with E-state index in [1.807, 2.05) is 6.07 Å². The molecule has 0 saturated carbocycles. The molecule has 206 valence electrons. The van der Waals surface area contributed by atoms with Crippen molar-refractivity contribution in [3.63, 3.8) is 0 Å². The number of para-hydroxylation sites is 2. The minimum absolute atomic E-state index is 0.902. The summed E-state index contributed by atoms with van der Waals surface area (Å²) in [5.74, 6) is 0.902. The fourth-order valence-corrected chi connectivity index (χ4v) is 6.60. The summed E-state index contributed by atoms with van der Waals surface area (Å²) in [5.41, 5.74) is 9.10. The molecule has 0 amide bonds. The molecule has 0 atom stereocenters. The van der Waals surface area contributed by atoms with Gasteiger partial charge in [-0.1, -0.05) is 97.1 Å². The lowest BCUT2D eigenvalue weighted by Crippen LogP contribution is -1.99. The lowest BCUT2D eigenvalue weighted by Gasteiger charge is -2.12. The summed E-state index contributed by atoms with van der Waals surface area (Å²) >= 11 is 0. The molecular formula is C41H27N3. The van der Waals surface area contributed by atoms with E-state index < -0.39 is 0 Å². The molecule has 0 aliphatic carbocycles. The fourth-order valence-electron chi connectivity index (χ4n) is 6.60. The van der Waals surface area contributed by atoms with Crippen LogP contribution in [0.5, 0.6) is 0 Å². The van der Waals surface area contributed by atoms with Crippen molar-refractivity contribution >= 4 is 43.5 Å². The highest BCUT2D eigenvalue weighted by Gasteiger charge is 2.15. The van der Waals surface area contributed by atoms with Gasteiger partial charge >= 0.3 is 0 Å². The van der Waals surface area contributed by atoms with Crippen molar-refractivity contribution in [2.75, 3.05) is 0 Å². The Morgan fingerprint density at radius 1 is 0.409 bits per heavy atom. The van der Waals surface area contributed by atoms with E-state index in [9.17, 15) is 0 Å². The molecule has 9 rings (SSSR count). The molecule has 0 aliphatic rings. The second kappa shape index (κ2) is 9.82. The van der Waals surface area contributed by atoms with Gasteiger partial charge in [0.25, 0.3) is 0 Å². The molecule has 3 aromatic heterocycles. The van der Waals surface area contributed by atoms with Crippen LogP contribution in [0.4, 0.5) is 0 Å². The Balaban J connectivity index is 1.28. The van der Waals surface area contributed by atoms with Crippen molar-refractivity contribution in [1.29, 1.82) is 0 Å². The van der Waals surface area contributed by atoms with Gasteiger partial charge in [-0.25, -0.2) is 4.98 Å². The molecule has 0 spiro atoms. The molecule has 9 aromatic rings. The number of hydrogen-bond acceptors (Lipinski definition) is 1. The molecule has 0 aliphatic heterocycles. The Morgan fingerprint density at radius 3 is 1.86 bits per heavy atom. The Labute approximate surface area is 254 Å². The molecule has 0 unspecified atom stereocenters. The molecule has 0 radical (unpaired) electrons. The number of hydrogen-bond donors (Lipinski definition) is 0. The molecule has 3 heterocycles. The van der Waals surface area contributed by atoms with Gasteiger partial charge in [-0.2, -0.15) is 0 Å². The summed E-state index contributed by atoms with van der Waals surface area (Å²) < 4.78 is 4.61. The van der Waals surface area contributed by atoms with Gasteiger partial charge in [0.05, 0.1) is 22.2 Å². The van der Waals surface area contributed by atoms with E-state index in [0.29, 0.717) is 0 Å². The van der Waals surface area contributed by atoms with Crippen LogP contribution >= 0.6 is 0 Å². The van der Waals surface area contributed by atoms with Crippen LogP contribution in [-0.2, 0) is 0 Å². The maximum Gasteiger partial charge on any atom is 0.138 e. The van der Waals surface area contributed by atoms with Gasteiger partial charge in [0, 0.05) is 33.6 Å². The van der Waals surface area contributed by atoms with Gasteiger partial charge in [-0.15, -0.1) is 0 Å². The minimum atomic E-state index is 0.902. The highest BCUT2D eigenvalue weighted by atomic mass is 15.1. The van der Waals surface area contributed by atoms with Crippen LogP contribution in [0.15, 0.2) is 164 Å². The number of rotatable bonds is 4. The molecular weight excluding hydrogens is 534 g/mol. The van der Waals surface area contributed by atoms with E-state index >= 15 is 0 Å². The van der Waals surface area contributed by atoms with Crippen LogP contribution in [0.1, 0.15) is 0 Å². The highest BCUT2D eigenvalue weighted by Crippen LogP contribution is 2.37. The lowest BCUT2D eigenvalue weighted by molar-refractivity contribution is 1.05. The van der Waals surface area contributed by atoms with Gasteiger partial charge in [-0.05, 0) is 82.6 Å². The molecule has 3 nitrogen and oxygen atoms in total. The van der Waals surface area contributed by atoms with Crippen LogP contribution in [-0.4, -0.2) is 14.1 Å². The lowest BCUT2D eigenvalue weighted by atomic mass is 10.0. The van der Waals surface area contributed by atoms with Crippen molar-refractivity contribution < 1.29 is 0 Å². The Morgan fingerprint density at radius 2 is 1.07 bits per heavy atom. The first-order chi connectivity index (χ1) is 21.8. The molecule has 0 N–H and O–H groups in total. The number of aromatic nitrogens is 3. The van der Waals surface area contributed by atoms with Crippen LogP contribution in [0.2, 0.25) is 0 Å². The first kappa shape index (κ1) is 24.6. The maximum atomic E-state index is 5.19. The molecule has 0 bridgehead atoms. The zero-order valence-corrected chi connectivity index (χ0v) is 23.9. The van der Waals surface area contributed by atoms with E-state index in [2.05, 4.69) is 167 Å². The van der Waals surface area contributed by atoms with Gasteiger partial charge in [0.15, 0.2) is 0 Å². The van der Waals surface area contributed by atoms with E-state index in [0.717, 1.165) is 33.8 Å². The average Bonchev–Trinajstić information content (AvgIpc) is 3.65. The second-order valence-corrected chi connectivity index (χ2v) is 11.3. The first-order valence-electron chi connectivity index (χ1n) is 15.0. The Bertz CT molecular complexity index is 2410. The van der Waals surface area contributed by atoms with Gasteiger partial charge in [-0.3, -0.25) is 0 Å². The number of nitrogens with zero attached hydrogens (tertiary/aromatic N) is 3. The fraction of sp³-hybridized carbons (Fsp3) is 0. The standard InChI is InChI=1S/C41H27N3/c1-4-12-28(13-5-1)32-24-37(29-14-6-2-7-15-29)42-41(27-32)43-21-20-30-22-31-23-36-35-18-10-11-19-38(35)44(34-16-8-3-9-17-34)40(36)26-33(31)25-39(30)43/h1-27H. The summed E-state index contributed by atoms with van der Waals surface area (Å²) in [7, 11) is 0. The van der Waals surface area contributed by atoms with Crippen LogP contribution in [0, 0.1) is 0 Å². The zero-order chi connectivity index (χ0) is 29.0. The highest BCUT2D eigenvalue weighted by molar-refractivity contribution is 6.15. The van der Waals surface area contributed by atoms with Crippen molar-refractivity contribution in [2.24, 2.45) is 0 Å². The third-order valence-corrected chi connectivity index (χ3v) is 8.69. The predicted octanol–water partition coefficient (Wildman–Crippen LogP) is 10.6. The van der Waals surface area contributed by atoms with E-state index in [4.69, 9.17) is 4.98 Å². The number of benzene rings is 6. The SMILES string of the molecule is c1ccc(-c2cc(-c3ccccc3)nc(-n3ccc4cc5cc6c7ccccc7n(-c7ccccc7)c6cc5cc43)c2)cc1. The molecule has 0 fully saturated rings. The third-order valence-electron chi connectivity index (χ3n) is 8.69. The second-order valence-electron chi connectivity index (χ2n) is 11.3. The summed E-state index contributed by atoms with van der Waals surface area (Å²) in [6, 6.07) is 56.2. The van der Waals surface area contributed by atoms with E-state index in [-0.39, 0.29) is 0 Å². The van der Waals surface area contributed by atoms with Crippen molar-refractivity contribution in [1.82, 2.24) is 14.1 Å². The number of pyridine rings is 1. The summed E-state index contributed by atoms with van der Waals surface area (Å²) in [5, 5.41) is 6.15. The van der Waals surface area contributed by atoms with Crippen molar-refractivity contribution in [3.8, 4) is 33.9 Å². The number of fused-ring (bicyclic) bond motifs is 5. The molecule has 0 saturated heterocycles. The van der Waals surface area contributed by atoms with Gasteiger partial charge < -0.3 is 9.13 Å². The third kappa shape index (κ3) is 3.94. The van der Waals surface area contributed by atoms with Crippen molar-refractivity contribution in [2.45, 2.75) is 0 Å². The normalized spacial score (nSPS) is 11.6. The molecule has 44 heavy (non-hydrogen) atoms. The van der Waals surface area contributed by atoms with Crippen molar-refractivity contribution in [3.05, 3.63) is 164 Å². The zero-order valence-electron chi connectivity index (χ0n) is 23.9. The monoisotopic (exact) mass is 561 g/mol. The van der Waals surface area contributed by atoms with E-state index in [1.54, 1.807) is 0 Å². The van der Waals surface area contributed by atoms with Gasteiger partial charge in [0.1, 0.15) is 5.82 Å². The van der Waals surface area contributed by atoms with Crippen LogP contribution < -0.4 is 0 Å². The van der Waals surface area contributed by atoms with Crippen LogP contribution in [0.3, 0.4) is 0 Å². The Hall–Kier alpha value is -5.93. The average molecular weight is 562 g/mol. The van der Waals surface area contributed by atoms with E-state index in [1.165, 1.54) is 43.5 Å². The maximum absolute atomic E-state index is 5.19. The largest absolute Gasteiger partial charge is 0.309 e. The summed E-state index contributed by atoms with van der Waals surface area (Å²) in [6.45, 7) is 0.